The summed E-state index contributed by atoms with van der Waals surface area (Å²) in [6, 6.07) is 7.63. The lowest BCUT2D eigenvalue weighted by molar-refractivity contribution is 0.416. The number of rotatable bonds is 5. The smallest absolute Gasteiger partial charge is 0.271 e. The van der Waals surface area contributed by atoms with Crippen LogP contribution in [0.2, 0.25) is 0 Å². The number of benzene rings is 1. The number of alkyl halides is 1. The Labute approximate surface area is 129 Å². The number of hydrogen-bond donors (Lipinski definition) is 0. The largest absolute Gasteiger partial charge is 0.496 e. The maximum atomic E-state index is 12.2. The molecule has 112 valence electrons. The number of nitrogens with zero attached hydrogens (tertiary/aromatic N) is 2. The van der Waals surface area contributed by atoms with E-state index in [2.05, 4.69) is 5.10 Å². The Bertz CT molecular complexity index is 695. The first-order valence-electron chi connectivity index (χ1n) is 6.92. The van der Waals surface area contributed by atoms with Gasteiger partial charge in [-0.3, -0.25) is 4.79 Å². The van der Waals surface area contributed by atoms with Crippen molar-refractivity contribution in [2.24, 2.45) is 0 Å². The molecule has 0 amide bonds. The number of hydrogen-bond acceptors (Lipinski definition) is 3. The maximum Gasteiger partial charge on any atom is 0.271 e. The van der Waals surface area contributed by atoms with Crippen molar-refractivity contribution in [1.82, 2.24) is 9.78 Å². The van der Waals surface area contributed by atoms with E-state index in [0.29, 0.717) is 17.8 Å². The van der Waals surface area contributed by atoms with Gasteiger partial charge in [-0.1, -0.05) is 18.6 Å². The second-order valence-corrected chi connectivity index (χ2v) is 5.19. The van der Waals surface area contributed by atoms with Gasteiger partial charge in [0.25, 0.3) is 5.56 Å². The summed E-state index contributed by atoms with van der Waals surface area (Å²) in [6.45, 7) is 4.59. The highest BCUT2D eigenvalue weighted by molar-refractivity contribution is 6.17. The standard InChI is InChI=1S/C16H19ClN2O2/c1-4-7-19-16(20)12(10-17)9-14(18-19)13-8-11(2)5-6-15(13)21-3/h5-6,8-9H,4,7,10H2,1-3H3. The molecular formula is C16H19ClN2O2. The predicted molar refractivity (Wildman–Crippen MR) is 85.1 cm³/mol. The minimum absolute atomic E-state index is 0.123. The van der Waals surface area contributed by atoms with E-state index >= 15 is 0 Å². The summed E-state index contributed by atoms with van der Waals surface area (Å²) in [5.74, 6) is 0.905. The van der Waals surface area contributed by atoms with Gasteiger partial charge in [-0.25, -0.2) is 4.68 Å². The third-order valence-electron chi connectivity index (χ3n) is 3.26. The van der Waals surface area contributed by atoms with E-state index in [4.69, 9.17) is 16.3 Å². The monoisotopic (exact) mass is 306 g/mol. The van der Waals surface area contributed by atoms with E-state index in [0.717, 1.165) is 23.3 Å². The van der Waals surface area contributed by atoms with Gasteiger partial charge in [0, 0.05) is 17.7 Å². The van der Waals surface area contributed by atoms with E-state index in [1.165, 1.54) is 4.68 Å². The Morgan fingerprint density at radius 3 is 2.71 bits per heavy atom. The van der Waals surface area contributed by atoms with Crippen LogP contribution in [-0.2, 0) is 12.4 Å². The molecule has 0 radical (unpaired) electrons. The van der Waals surface area contributed by atoms with Gasteiger partial charge < -0.3 is 4.74 Å². The number of aryl methyl sites for hydroxylation is 2. The molecule has 21 heavy (non-hydrogen) atoms. The van der Waals surface area contributed by atoms with Gasteiger partial charge in [0.15, 0.2) is 0 Å². The lowest BCUT2D eigenvalue weighted by atomic mass is 10.1. The van der Waals surface area contributed by atoms with Crippen LogP contribution in [0.25, 0.3) is 11.3 Å². The van der Waals surface area contributed by atoms with Crippen molar-refractivity contribution in [1.29, 1.82) is 0 Å². The number of ether oxygens (including phenoxy) is 1. The molecule has 0 atom stereocenters. The van der Waals surface area contributed by atoms with Crippen LogP contribution in [0, 0.1) is 6.92 Å². The first-order valence-corrected chi connectivity index (χ1v) is 7.46. The van der Waals surface area contributed by atoms with Crippen molar-refractivity contribution in [3.8, 4) is 17.0 Å². The van der Waals surface area contributed by atoms with Gasteiger partial charge in [0.1, 0.15) is 5.75 Å². The zero-order valence-corrected chi connectivity index (χ0v) is 13.3. The number of aromatic nitrogens is 2. The van der Waals surface area contributed by atoms with Gasteiger partial charge in [-0.2, -0.15) is 5.10 Å². The fourth-order valence-electron chi connectivity index (χ4n) is 2.21. The van der Waals surface area contributed by atoms with Crippen molar-refractivity contribution in [3.63, 3.8) is 0 Å². The van der Waals surface area contributed by atoms with Gasteiger partial charge in [-0.05, 0) is 31.5 Å². The van der Waals surface area contributed by atoms with E-state index in [9.17, 15) is 4.79 Å². The summed E-state index contributed by atoms with van der Waals surface area (Å²) >= 11 is 5.90. The van der Waals surface area contributed by atoms with E-state index in [1.807, 2.05) is 32.0 Å². The normalized spacial score (nSPS) is 10.7. The molecule has 0 aliphatic carbocycles. The van der Waals surface area contributed by atoms with E-state index in [-0.39, 0.29) is 11.4 Å². The Morgan fingerprint density at radius 1 is 1.33 bits per heavy atom. The van der Waals surface area contributed by atoms with Gasteiger partial charge >= 0.3 is 0 Å². The summed E-state index contributed by atoms with van der Waals surface area (Å²) in [7, 11) is 1.62. The van der Waals surface area contributed by atoms with Crippen LogP contribution in [0.4, 0.5) is 0 Å². The Kier molecular flexibility index (Phi) is 5.02. The highest BCUT2D eigenvalue weighted by Gasteiger charge is 2.13. The fourth-order valence-corrected chi connectivity index (χ4v) is 2.40. The molecule has 0 bridgehead atoms. The summed E-state index contributed by atoms with van der Waals surface area (Å²) in [4.78, 5) is 12.2. The molecule has 2 aromatic rings. The van der Waals surface area contributed by atoms with Crippen LogP contribution in [0.15, 0.2) is 29.1 Å². The highest BCUT2D eigenvalue weighted by Crippen LogP contribution is 2.29. The molecule has 4 nitrogen and oxygen atoms in total. The van der Waals surface area contributed by atoms with Crippen molar-refractivity contribution in [2.75, 3.05) is 7.11 Å². The quantitative estimate of drug-likeness (QED) is 0.795. The maximum absolute atomic E-state index is 12.2. The van der Waals surface area contributed by atoms with Gasteiger partial charge in [-0.15, -0.1) is 11.6 Å². The van der Waals surface area contributed by atoms with Crippen LogP contribution in [-0.4, -0.2) is 16.9 Å². The van der Waals surface area contributed by atoms with Crippen molar-refractivity contribution < 1.29 is 4.74 Å². The third-order valence-corrected chi connectivity index (χ3v) is 3.55. The number of halogens is 1. The van der Waals surface area contributed by atoms with Crippen LogP contribution >= 0.6 is 11.6 Å². The lowest BCUT2D eigenvalue weighted by Gasteiger charge is -2.12. The average Bonchev–Trinajstić information content (AvgIpc) is 2.49. The molecule has 0 fully saturated rings. The lowest BCUT2D eigenvalue weighted by Crippen LogP contribution is -2.26. The molecule has 0 unspecified atom stereocenters. The second kappa shape index (κ2) is 6.76. The number of methoxy groups -OCH3 is 1. The summed E-state index contributed by atoms with van der Waals surface area (Å²) in [5.41, 5.74) is 3.11. The molecule has 2 rings (SSSR count). The zero-order chi connectivity index (χ0) is 15.4. The van der Waals surface area contributed by atoms with E-state index < -0.39 is 0 Å². The summed E-state index contributed by atoms with van der Waals surface area (Å²) in [6.07, 6.45) is 0.836. The molecule has 1 aromatic carbocycles. The van der Waals surface area contributed by atoms with Gasteiger partial charge in [0.2, 0.25) is 0 Å². The van der Waals surface area contributed by atoms with Crippen LogP contribution < -0.4 is 10.3 Å². The molecule has 5 heteroatoms. The highest BCUT2D eigenvalue weighted by atomic mass is 35.5. The van der Waals surface area contributed by atoms with Crippen molar-refractivity contribution in [2.45, 2.75) is 32.7 Å². The summed E-state index contributed by atoms with van der Waals surface area (Å²) in [5, 5.41) is 4.46. The minimum atomic E-state index is -0.123. The molecule has 0 spiro atoms. The van der Waals surface area contributed by atoms with Crippen LogP contribution in [0.3, 0.4) is 0 Å². The van der Waals surface area contributed by atoms with Crippen molar-refractivity contribution >= 4 is 11.6 Å². The fraction of sp³-hybridized carbons (Fsp3) is 0.375. The van der Waals surface area contributed by atoms with Crippen molar-refractivity contribution in [3.05, 3.63) is 45.7 Å². The molecule has 0 aliphatic heterocycles. The SMILES string of the molecule is CCCn1nc(-c2cc(C)ccc2OC)cc(CCl)c1=O. The molecule has 1 heterocycles. The first-order chi connectivity index (χ1) is 10.1. The minimum Gasteiger partial charge on any atom is -0.496 e. The second-order valence-electron chi connectivity index (χ2n) is 4.92. The topological polar surface area (TPSA) is 44.1 Å². The Hall–Kier alpha value is -1.81. The van der Waals surface area contributed by atoms with Crippen LogP contribution in [0.1, 0.15) is 24.5 Å². The summed E-state index contributed by atoms with van der Waals surface area (Å²) < 4.78 is 6.88. The molecule has 0 saturated heterocycles. The average molecular weight is 307 g/mol. The Balaban J connectivity index is 2.66. The Morgan fingerprint density at radius 2 is 2.10 bits per heavy atom. The third kappa shape index (κ3) is 3.27. The first kappa shape index (κ1) is 15.6. The predicted octanol–water partition coefficient (Wildman–Crippen LogP) is 3.38. The molecule has 0 N–H and O–H groups in total. The molecule has 0 aliphatic rings. The van der Waals surface area contributed by atoms with Crippen LogP contribution in [0.5, 0.6) is 5.75 Å². The van der Waals surface area contributed by atoms with Gasteiger partial charge in [0.05, 0.1) is 18.7 Å². The van der Waals surface area contributed by atoms with E-state index in [1.54, 1.807) is 13.2 Å². The molecule has 1 aromatic heterocycles. The molecular weight excluding hydrogens is 288 g/mol. The zero-order valence-electron chi connectivity index (χ0n) is 12.5. The molecule has 0 saturated carbocycles.